The summed E-state index contributed by atoms with van der Waals surface area (Å²) in [7, 11) is 1.38. The van der Waals surface area contributed by atoms with Crippen LogP contribution in [-0.2, 0) is 15.9 Å². The van der Waals surface area contributed by atoms with Crippen molar-refractivity contribution in [2.75, 3.05) is 13.7 Å². The van der Waals surface area contributed by atoms with Gasteiger partial charge < -0.3 is 9.47 Å². The smallest absolute Gasteiger partial charge is 0.339 e. The minimum atomic E-state index is -0.350. The molecule has 1 fully saturated rings. The number of nitrogens with zero attached hydrogens (tertiary/aromatic N) is 3. The molecule has 21 heavy (non-hydrogen) atoms. The van der Waals surface area contributed by atoms with Crippen LogP contribution < -0.4 is 0 Å². The van der Waals surface area contributed by atoms with Crippen LogP contribution in [0.4, 0.5) is 0 Å². The molecule has 0 amide bonds. The van der Waals surface area contributed by atoms with Crippen LogP contribution in [0.25, 0.3) is 5.65 Å². The third-order valence-electron chi connectivity index (χ3n) is 3.96. The summed E-state index contributed by atoms with van der Waals surface area (Å²) in [6.07, 6.45) is 5.13. The van der Waals surface area contributed by atoms with Gasteiger partial charge in [0.05, 0.1) is 18.8 Å². The molecule has 6 nitrogen and oxygen atoms in total. The average Bonchev–Trinajstić information content (AvgIpc) is 2.86. The first-order chi connectivity index (χ1) is 10.2. The number of hydrogen-bond acceptors (Lipinski definition) is 5. The van der Waals surface area contributed by atoms with Gasteiger partial charge in [-0.15, -0.1) is 10.2 Å². The van der Waals surface area contributed by atoms with Crippen molar-refractivity contribution < 1.29 is 14.3 Å². The zero-order valence-electron chi connectivity index (χ0n) is 12.3. The van der Waals surface area contributed by atoms with E-state index in [1.54, 1.807) is 18.3 Å². The Morgan fingerprint density at radius 2 is 2.19 bits per heavy atom. The fourth-order valence-electron chi connectivity index (χ4n) is 2.79. The van der Waals surface area contributed by atoms with E-state index in [1.807, 2.05) is 11.3 Å². The van der Waals surface area contributed by atoms with E-state index in [4.69, 9.17) is 9.47 Å². The molecule has 0 aromatic carbocycles. The Bertz CT molecular complexity index is 647. The van der Waals surface area contributed by atoms with Gasteiger partial charge in [0.15, 0.2) is 5.65 Å². The molecule has 2 aromatic rings. The molecular weight excluding hydrogens is 270 g/mol. The van der Waals surface area contributed by atoms with Gasteiger partial charge in [-0.05, 0) is 37.8 Å². The lowest BCUT2D eigenvalue weighted by atomic mass is 9.80. The maximum Gasteiger partial charge on any atom is 0.339 e. The van der Waals surface area contributed by atoms with E-state index >= 15 is 0 Å². The number of carbonyl (C=O) groups excluding carboxylic acids is 1. The van der Waals surface area contributed by atoms with Crippen molar-refractivity contribution in [1.82, 2.24) is 14.6 Å². The predicted octanol–water partition coefficient (Wildman–Crippen LogP) is 1.87. The maximum absolute atomic E-state index is 11.6. The van der Waals surface area contributed by atoms with E-state index in [-0.39, 0.29) is 5.97 Å². The van der Waals surface area contributed by atoms with Crippen LogP contribution in [0.2, 0.25) is 0 Å². The summed E-state index contributed by atoms with van der Waals surface area (Å²) in [6.45, 7) is 2.79. The van der Waals surface area contributed by atoms with Crippen LogP contribution in [0.15, 0.2) is 18.3 Å². The Morgan fingerprint density at radius 3 is 2.90 bits per heavy atom. The van der Waals surface area contributed by atoms with Gasteiger partial charge in [0, 0.05) is 19.2 Å². The first-order valence-electron chi connectivity index (χ1n) is 7.24. The van der Waals surface area contributed by atoms with E-state index in [0.717, 1.165) is 37.3 Å². The second-order valence-corrected chi connectivity index (χ2v) is 5.37. The SMILES string of the molecule is CCOC1CC(Cc2nnc3ccc(C(=O)OC)cn23)C1. The molecule has 6 heteroatoms. The van der Waals surface area contributed by atoms with Crippen molar-refractivity contribution in [2.24, 2.45) is 5.92 Å². The van der Waals surface area contributed by atoms with Crippen LogP contribution >= 0.6 is 0 Å². The highest BCUT2D eigenvalue weighted by Gasteiger charge is 2.30. The van der Waals surface area contributed by atoms with Gasteiger partial charge in [0.1, 0.15) is 5.82 Å². The summed E-state index contributed by atoms with van der Waals surface area (Å²) in [6, 6.07) is 3.49. The fourth-order valence-corrected chi connectivity index (χ4v) is 2.79. The highest BCUT2D eigenvalue weighted by Crippen LogP contribution is 2.32. The minimum Gasteiger partial charge on any atom is -0.465 e. The Hall–Kier alpha value is -1.95. The molecule has 0 saturated heterocycles. The van der Waals surface area contributed by atoms with Crippen LogP contribution in [-0.4, -0.2) is 40.4 Å². The molecular formula is C15H19N3O3. The minimum absolute atomic E-state index is 0.350. The monoisotopic (exact) mass is 289 g/mol. The quantitative estimate of drug-likeness (QED) is 0.786. The summed E-state index contributed by atoms with van der Waals surface area (Å²) < 4.78 is 12.2. The molecule has 0 radical (unpaired) electrons. The summed E-state index contributed by atoms with van der Waals surface area (Å²) >= 11 is 0. The molecule has 2 aromatic heterocycles. The normalized spacial score (nSPS) is 21.2. The summed E-state index contributed by atoms with van der Waals surface area (Å²) in [4.78, 5) is 11.6. The molecule has 0 bridgehead atoms. The molecule has 0 unspecified atom stereocenters. The highest BCUT2D eigenvalue weighted by atomic mass is 16.5. The number of methoxy groups -OCH3 is 1. The van der Waals surface area contributed by atoms with Crippen molar-refractivity contribution in [3.63, 3.8) is 0 Å². The van der Waals surface area contributed by atoms with Gasteiger partial charge in [-0.1, -0.05) is 0 Å². The van der Waals surface area contributed by atoms with E-state index in [9.17, 15) is 4.79 Å². The maximum atomic E-state index is 11.6. The van der Waals surface area contributed by atoms with Crippen LogP contribution in [0.5, 0.6) is 0 Å². The second-order valence-electron chi connectivity index (χ2n) is 5.37. The molecule has 0 N–H and O–H groups in total. The largest absolute Gasteiger partial charge is 0.465 e. The zero-order chi connectivity index (χ0) is 14.8. The Morgan fingerprint density at radius 1 is 1.38 bits per heavy atom. The molecule has 0 spiro atoms. The Kier molecular flexibility index (Phi) is 3.88. The van der Waals surface area contributed by atoms with Gasteiger partial charge in [-0.2, -0.15) is 0 Å². The average molecular weight is 289 g/mol. The molecule has 112 valence electrons. The topological polar surface area (TPSA) is 65.7 Å². The third kappa shape index (κ3) is 2.76. The first kappa shape index (κ1) is 14.0. The number of hydrogen-bond donors (Lipinski definition) is 0. The van der Waals surface area contributed by atoms with Crippen molar-refractivity contribution in [3.8, 4) is 0 Å². The molecule has 1 aliphatic carbocycles. The lowest BCUT2D eigenvalue weighted by molar-refractivity contribution is -0.0246. The number of pyridine rings is 1. The predicted molar refractivity (Wildman–Crippen MR) is 76.2 cm³/mol. The van der Waals surface area contributed by atoms with Crippen molar-refractivity contribution in [1.29, 1.82) is 0 Å². The van der Waals surface area contributed by atoms with E-state index in [1.165, 1.54) is 7.11 Å². The van der Waals surface area contributed by atoms with Gasteiger partial charge in [0.2, 0.25) is 0 Å². The zero-order valence-corrected chi connectivity index (χ0v) is 12.3. The molecule has 1 saturated carbocycles. The second kappa shape index (κ2) is 5.81. The van der Waals surface area contributed by atoms with Gasteiger partial charge >= 0.3 is 5.97 Å². The number of aromatic nitrogens is 3. The molecule has 2 heterocycles. The first-order valence-corrected chi connectivity index (χ1v) is 7.24. The van der Waals surface area contributed by atoms with Crippen LogP contribution in [0, 0.1) is 5.92 Å². The van der Waals surface area contributed by atoms with E-state index < -0.39 is 0 Å². The van der Waals surface area contributed by atoms with E-state index in [2.05, 4.69) is 10.2 Å². The van der Waals surface area contributed by atoms with Crippen molar-refractivity contribution >= 4 is 11.6 Å². The fraction of sp³-hybridized carbons (Fsp3) is 0.533. The van der Waals surface area contributed by atoms with Gasteiger partial charge in [-0.25, -0.2) is 4.79 Å². The van der Waals surface area contributed by atoms with Crippen molar-refractivity contribution in [2.45, 2.75) is 32.3 Å². The van der Waals surface area contributed by atoms with E-state index in [0.29, 0.717) is 17.6 Å². The lowest BCUT2D eigenvalue weighted by Gasteiger charge is -2.34. The third-order valence-corrected chi connectivity index (χ3v) is 3.96. The molecule has 0 atom stereocenters. The number of rotatable bonds is 5. The number of ether oxygens (including phenoxy) is 2. The standard InChI is InChI=1S/C15H19N3O3/c1-3-21-12-6-10(7-12)8-14-17-16-13-5-4-11(9-18(13)14)15(19)20-2/h4-5,9-10,12H,3,6-8H2,1-2H3. The van der Waals surface area contributed by atoms with Crippen LogP contribution in [0.1, 0.15) is 35.9 Å². The molecule has 1 aliphatic rings. The number of carbonyl (C=O) groups is 1. The Balaban J connectivity index is 1.75. The summed E-state index contributed by atoms with van der Waals surface area (Å²) in [5.74, 6) is 1.11. The number of fused-ring (bicyclic) bond motifs is 1. The Labute approximate surface area is 123 Å². The van der Waals surface area contributed by atoms with Gasteiger partial charge in [-0.3, -0.25) is 4.40 Å². The van der Waals surface area contributed by atoms with Crippen molar-refractivity contribution in [3.05, 3.63) is 29.7 Å². The molecule has 3 rings (SSSR count). The summed E-state index contributed by atoms with van der Waals surface area (Å²) in [5, 5.41) is 8.38. The highest BCUT2D eigenvalue weighted by molar-refractivity contribution is 5.89. The number of esters is 1. The van der Waals surface area contributed by atoms with Gasteiger partial charge in [0.25, 0.3) is 0 Å². The molecule has 0 aliphatic heterocycles. The van der Waals surface area contributed by atoms with Crippen LogP contribution in [0.3, 0.4) is 0 Å². The lowest BCUT2D eigenvalue weighted by Crippen LogP contribution is -2.33. The summed E-state index contributed by atoms with van der Waals surface area (Å²) in [5.41, 5.74) is 1.25.